The van der Waals surface area contributed by atoms with E-state index in [1.54, 1.807) is 20.3 Å². The van der Waals surface area contributed by atoms with Gasteiger partial charge in [0.15, 0.2) is 5.82 Å². The van der Waals surface area contributed by atoms with Gasteiger partial charge in [0.25, 0.3) is 11.8 Å². The molecule has 136 valence electrons. The third kappa shape index (κ3) is 3.18. The Bertz CT molecular complexity index is 660. The highest BCUT2D eigenvalue weighted by Crippen LogP contribution is 2.38. The molecule has 0 spiro atoms. The molecule has 8 nitrogen and oxygen atoms in total. The number of fused-ring (bicyclic) bond motifs is 1. The van der Waals surface area contributed by atoms with Crippen molar-refractivity contribution < 1.29 is 14.3 Å². The number of likely N-dealkylation sites (N-methyl/N-ethyl adjacent to an activating group) is 1. The molecule has 25 heavy (non-hydrogen) atoms. The zero-order valence-electron chi connectivity index (χ0n) is 15.0. The number of nitrogens with zero attached hydrogens (tertiary/aromatic N) is 4. The number of anilines is 2. The van der Waals surface area contributed by atoms with Gasteiger partial charge < -0.3 is 19.9 Å². The first-order chi connectivity index (χ1) is 12.1. The Kier molecular flexibility index (Phi) is 5.17. The number of amides is 2. The van der Waals surface area contributed by atoms with Crippen LogP contribution < -0.4 is 15.1 Å². The minimum Gasteiger partial charge on any atom is -0.352 e. The third-order valence-corrected chi connectivity index (χ3v) is 4.78. The van der Waals surface area contributed by atoms with Crippen LogP contribution in [0.25, 0.3) is 0 Å². The molecule has 2 amide bonds. The SMILES string of the molecule is CCCOC1C(=O)N(C)c2cnc(C(=O)NC)nc2N1C1CCCC1. The topological polar surface area (TPSA) is 87.7 Å². The Morgan fingerprint density at radius 3 is 2.76 bits per heavy atom. The van der Waals surface area contributed by atoms with Gasteiger partial charge in [-0.15, -0.1) is 0 Å². The molecule has 1 N–H and O–H groups in total. The minimum absolute atomic E-state index is 0.0984. The van der Waals surface area contributed by atoms with Gasteiger partial charge in [0.2, 0.25) is 12.1 Å². The molecular formula is C17H25N5O3. The molecule has 3 rings (SSSR count). The van der Waals surface area contributed by atoms with E-state index < -0.39 is 6.23 Å². The second-order valence-corrected chi connectivity index (χ2v) is 6.45. The first kappa shape index (κ1) is 17.6. The summed E-state index contributed by atoms with van der Waals surface area (Å²) in [5, 5.41) is 2.54. The maximum absolute atomic E-state index is 12.9. The van der Waals surface area contributed by atoms with Gasteiger partial charge in [-0.05, 0) is 19.3 Å². The quantitative estimate of drug-likeness (QED) is 0.864. The lowest BCUT2D eigenvalue weighted by molar-refractivity contribution is -0.130. The van der Waals surface area contributed by atoms with Crippen molar-refractivity contribution >= 4 is 23.3 Å². The zero-order valence-corrected chi connectivity index (χ0v) is 15.0. The molecule has 1 fully saturated rings. The molecule has 1 aliphatic heterocycles. The minimum atomic E-state index is -0.701. The van der Waals surface area contributed by atoms with Crippen LogP contribution in [0.2, 0.25) is 0 Å². The van der Waals surface area contributed by atoms with Crippen LogP contribution in [0.15, 0.2) is 6.20 Å². The van der Waals surface area contributed by atoms with E-state index in [1.807, 2.05) is 11.8 Å². The van der Waals surface area contributed by atoms with Crippen LogP contribution in [0.4, 0.5) is 11.5 Å². The van der Waals surface area contributed by atoms with Crippen molar-refractivity contribution in [3.8, 4) is 0 Å². The second kappa shape index (κ2) is 7.35. The molecule has 8 heteroatoms. The van der Waals surface area contributed by atoms with Crippen molar-refractivity contribution in [2.75, 3.05) is 30.5 Å². The molecule has 2 aliphatic rings. The Hall–Kier alpha value is -2.22. The Balaban J connectivity index is 2.07. The van der Waals surface area contributed by atoms with Crippen LogP contribution in [0.5, 0.6) is 0 Å². The number of carbonyl (C=O) groups excluding carboxylic acids is 2. The molecule has 2 heterocycles. The number of carbonyl (C=O) groups is 2. The number of nitrogens with one attached hydrogen (secondary N) is 1. The molecule has 1 aromatic heterocycles. The van der Waals surface area contributed by atoms with Crippen molar-refractivity contribution in [1.29, 1.82) is 0 Å². The number of rotatable bonds is 5. The first-order valence-corrected chi connectivity index (χ1v) is 8.85. The summed E-state index contributed by atoms with van der Waals surface area (Å²) in [7, 11) is 3.24. The molecule has 1 aromatic rings. The lowest BCUT2D eigenvalue weighted by atomic mass is 10.1. The molecule has 1 unspecified atom stereocenters. The van der Waals surface area contributed by atoms with Gasteiger partial charge in [-0.3, -0.25) is 9.59 Å². The van der Waals surface area contributed by atoms with Crippen molar-refractivity contribution in [2.45, 2.75) is 51.3 Å². The monoisotopic (exact) mass is 347 g/mol. The predicted octanol–water partition coefficient (Wildman–Crippen LogP) is 1.31. The van der Waals surface area contributed by atoms with Crippen LogP contribution in [-0.4, -0.2) is 54.8 Å². The number of hydrogen-bond donors (Lipinski definition) is 1. The van der Waals surface area contributed by atoms with E-state index >= 15 is 0 Å². The maximum atomic E-state index is 12.9. The van der Waals surface area contributed by atoms with Gasteiger partial charge in [0, 0.05) is 26.7 Å². The highest BCUT2D eigenvalue weighted by atomic mass is 16.5. The van der Waals surface area contributed by atoms with Crippen molar-refractivity contribution in [1.82, 2.24) is 15.3 Å². The summed E-state index contributed by atoms with van der Waals surface area (Å²) in [6, 6.07) is 0.186. The third-order valence-electron chi connectivity index (χ3n) is 4.78. The van der Waals surface area contributed by atoms with Crippen LogP contribution in [0.3, 0.4) is 0 Å². The molecule has 0 bridgehead atoms. The predicted molar refractivity (Wildman–Crippen MR) is 93.6 cm³/mol. The van der Waals surface area contributed by atoms with E-state index in [2.05, 4.69) is 15.3 Å². The highest BCUT2D eigenvalue weighted by Gasteiger charge is 2.43. The largest absolute Gasteiger partial charge is 0.352 e. The molecule has 0 aromatic carbocycles. The standard InChI is InChI=1S/C17H25N5O3/c1-4-9-25-17-16(24)21(3)12-10-19-13(15(23)18-2)20-14(12)22(17)11-7-5-6-8-11/h10-11,17H,4-9H2,1-3H3,(H,18,23). The average Bonchev–Trinajstić information content (AvgIpc) is 3.16. The van der Waals surface area contributed by atoms with Crippen LogP contribution >= 0.6 is 0 Å². The fraction of sp³-hybridized carbons (Fsp3) is 0.647. The average molecular weight is 347 g/mol. The summed E-state index contributed by atoms with van der Waals surface area (Å²) < 4.78 is 5.90. The number of aromatic nitrogens is 2. The Morgan fingerprint density at radius 2 is 2.12 bits per heavy atom. The van der Waals surface area contributed by atoms with Crippen LogP contribution in [0.1, 0.15) is 49.6 Å². The zero-order chi connectivity index (χ0) is 18.0. The van der Waals surface area contributed by atoms with E-state index in [0.717, 1.165) is 32.1 Å². The Labute approximate surface area is 147 Å². The van der Waals surface area contributed by atoms with Crippen LogP contribution in [-0.2, 0) is 9.53 Å². The molecule has 0 saturated heterocycles. The lowest BCUT2D eigenvalue weighted by Gasteiger charge is -2.43. The van der Waals surface area contributed by atoms with E-state index in [9.17, 15) is 9.59 Å². The fourth-order valence-electron chi connectivity index (χ4n) is 3.46. The van der Waals surface area contributed by atoms with E-state index in [1.165, 1.54) is 4.90 Å². The molecule has 1 aliphatic carbocycles. The van der Waals surface area contributed by atoms with Crippen molar-refractivity contribution in [2.24, 2.45) is 0 Å². The van der Waals surface area contributed by atoms with Gasteiger partial charge in [-0.25, -0.2) is 9.97 Å². The van der Waals surface area contributed by atoms with Crippen molar-refractivity contribution in [3.63, 3.8) is 0 Å². The number of ether oxygens (including phenoxy) is 1. The normalized spacial score (nSPS) is 20.8. The van der Waals surface area contributed by atoms with E-state index in [4.69, 9.17) is 4.74 Å². The van der Waals surface area contributed by atoms with Gasteiger partial charge in [0.05, 0.1) is 6.20 Å². The summed E-state index contributed by atoms with van der Waals surface area (Å²) >= 11 is 0. The summed E-state index contributed by atoms with van der Waals surface area (Å²) in [6.45, 7) is 2.51. The van der Waals surface area contributed by atoms with E-state index in [0.29, 0.717) is 18.1 Å². The van der Waals surface area contributed by atoms with E-state index in [-0.39, 0.29) is 23.7 Å². The molecule has 1 atom stereocenters. The number of hydrogen-bond acceptors (Lipinski definition) is 6. The highest BCUT2D eigenvalue weighted by molar-refractivity contribution is 6.04. The van der Waals surface area contributed by atoms with Crippen molar-refractivity contribution in [3.05, 3.63) is 12.0 Å². The van der Waals surface area contributed by atoms with Gasteiger partial charge in [-0.2, -0.15) is 0 Å². The summed E-state index contributed by atoms with van der Waals surface area (Å²) in [5.41, 5.74) is 0.612. The van der Waals surface area contributed by atoms with Gasteiger partial charge in [0.1, 0.15) is 5.69 Å². The van der Waals surface area contributed by atoms with Gasteiger partial charge >= 0.3 is 0 Å². The lowest BCUT2D eigenvalue weighted by Crippen LogP contribution is -2.57. The molecular weight excluding hydrogens is 322 g/mol. The summed E-state index contributed by atoms with van der Waals surface area (Å²) in [6.07, 6.45) is 5.88. The fourth-order valence-corrected chi connectivity index (χ4v) is 3.46. The summed E-state index contributed by atoms with van der Waals surface area (Å²) in [4.78, 5) is 36.9. The first-order valence-electron chi connectivity index (χ1n) is 8.85. The second-order valence-electron chi connectivity index (χ2n) is 6.45. The maximum Gasteiger partial charge on any atom is 0.288 e. The van der Waals surface area contributed by atoms with Gasteiger partial charge in [-0.1, -0.05) is 19.8 Å². The molecule has 0 radical (unpaired) electrons. The van der Waals surface area contributed by atoms with Crippen LogP contribution in [0, 0.1) is 0 Å². The molecule has 1 saturated carbocycles. The summed E-state index contributed by atoms with van der Waals surface area (Å²) in [5.74, 6) is 0.230. The smallest absolute Gasteiger partial charge is 0.288 e. The Morgan fingerprint density at radius 1 is 1.40 bits per heavy atom.